The van der Waals surface area contributed by atoms with E-state index in [0.29, 0.717) is 34.3 Å². The van der Waals surface area contributed by atoms with Crippen molar-refractivity contribution in [2.24, 2.45) is 0 Å². The van der Waals surface area contributed by atoms with E-state index in [-0.39, 0.29) is 5.91 Å². The molecule has 0 heterocycles. The minimum absolute atomic E-state index is 0.0730. The van der Waals surface area contributed by atoms with E-state index >= 15 is 0 Å². The number of nitrogens with one attached hydrogen (secondary N) is 1. The van der Waals surface area contributed by atoms with Crippen molar-refractivity contribution in [1.29, 1.82) is 0 Å². The maximum atomic E-state index is 11.9. The second kappa shape index (κ2) is 7.34. The molecular formula is C16H15Cl2NO2. The molecule has 0 radical (unpaired) electrons. The van der Waals surface area contributed by atoms with Crippen LogP contribution >= 0.6 is 23.2 Å². The van der Waals surface area contributed by atoms with Crippen LogP contribution in [0.2, 0.25) is 10.0 Å². The Morgan fingerprint density at radius 3 is 2.67 bits per heavy atom. The lowest BCUT2D eigenvalue weighted by Crippen LogP contribution is -2.12. The van der Waals surface area contributed by atoms with Crippen molar-refractivity contribution in [3.8, 4) is 5.75 Å². The number of rotatable bonds is 5. The van der Waals surface area contributed by atoms with Gasteiger partial charge >= 0.3 is 0 Å². The molecule has 0 fully saturated rings. The molecule has 0 spiro atoms. The first-order valence-electron chi connectivity index (χ1n) is 6.46. The van der Waals surface area contributed by atoms with E-state index in [4.69, 9.17) is 27.9 Å². The zero-order chi connectivity index (χ0) is 15.2. The first kappa shape index (κ1) is 15.7. The number of amides is 1. The molecule has 0 unspecified atom stereocenters. The van der Waals surface area contributed by atoms with Crippen molar-refractivity contribution < 1.29 is 9.53 Å². The molecule has 0 aromatic heterocycles. The molecule has 2 rings (SSSR count). The number of methoxy groups -OCH3 is 1. The highest BCUT2D eigenvalue weighted by Gasteiger charge is 2.06. The van der Waals surface area contributed by atoms with Gasteiger partial charge in [0.2, 0.25) is 5.91 Å². The second-order valence-electron chi connectivity index (χ2n) is 4.53. The van der Waals surface area contributed by atoms with Gasteiger partial charge in [-0.15, -0.1) is 0 Å². The highest BCUT2D eigenvalue weighted by atomic mass is 35.5. The Kier molecular flexibility index (Phi) is 5.48. The number of hydrogen-bond acceptors (Lipinski definition) is 2. The molecule has 3 nitrogen and oxygen atoms in total. The van der Waals surface area contributed by atoms with Gasteiger partial charge in [-0.2, -0.15) is 0 Å². The smallest absolute Gasteiger partial charge is 0.224 e. The summed E-state index contributed by atoms with van der Waals surface area (Å²) in [6.07, 6.45) is 1.01. The summed E-state index contributed by atoms with van der Waals surface area (Å²) in [7, 11) is 1.55. The lowest BCUT2D eigenvalue weighted by molar-refractivity contribution is -0.116. The molecule has 0 bridgehead atoms. The predicted octanol–water partition coefficient (Wildman–Crippen LogP) is 4.57. The Hall–Kier alpha value is -1.71. The van der Waals surface area contributed by atoms with Crippen LogP contribution in [-0.2, 0) is 11.2 Å². The van der Waals surface area contributed by atoms with E-state index in [0.717, 1.165) is 5.56 Å². The van der Waals surface area contributed by atoms with Gasteiger partial charge in [0.15, 0.2) is 0 Å². The fourth-order valence-corrected chi connectivity index (χ4v) is 2.39. The van der Waals surface area contributed by atoms with Crippen molar-refractivity contribution in [2.75, 3.05) is 12.4 Å². The highest BCUT2D eigenvalue weighted by Crippen LogP contribution is 2.27. The fraction of sp³-hybridized carbons (Fsp3) is 0.188. The maximum absolute atomic E-state index is 11.9. The summed E-state index contributed by atoms with van der Waals surface area (Å²) in [5, 5.41) is 3.95. The summed E-state index contributed by atoms with van der Waals surface area (Å²) in [5.74, 6) is 0.504. The lowest BCUT2D eigenvalue weighted by atomic mass is 10.1. The fourth-order valence-electron chi connectivity index (χ4n) is 1.92. The minimum atomic E-state index is -0.0730. The summed E-state index contributed by atoms with van der Waals surface area (Å²) in [6.45, 7) is 0. The summed E-state index contributed by atoms with van der Waals surface area (Å²) < 4.78 is 5.06. The quantitative estimate of drug-likeness (QED) is 0.875. The SMILES string of the molecule is COc1ccc(NC(=O)CCc2cccc(Cl)c2)cc1Cl. The molecule has 1 N–H and O–H groups in total. The zero-order valence-corrected chi connectivity index (χ0v) is 13.0. The van der Waals surface area contributed by atoms with Gasteiger partial charge in [-0.1, -0.05) is 35.3 Å². The van der Waals surface area contributed by atoms with Crippen molar-refractivity contribution in [1.82, 2.24) is 0 Å². The molecule has 0 atom stereocenters. The Balaban J connectivity index is 1.91. The molecule has 1 amide bonds. The number of hydrogen-bond donors (Lipinski definition) is 1. The third-order valence-electron chi connectivity index (χ3n) is 2.97. The van der Waals surface area contributed by atoms with Crippen LogP contribution in [0.4, 0.5) is 5.69 Å². The van der Waals surface area contributed by atoms with Gasteiger partial charge in [0.25, 0.3) is 0 Å². The first-order valence-corrected chi connectivity index (χ1v) is 7.22. The van der Waals surface area contributed by atoms with Gasteiger partial charge < -0.3 is 10.1 Å². The molecule has 21 heavy (non-hydrogen) atoms. The lowest BCUT2D eigenvalue weighted by Gasteiger charge is -2.08. The maximum Gasteiger partial charge on any atom is 0.224 e. The first-order chi connectivity index (χ1) is 10.1. The van der Waals surface area contributed by atoms with E-state index in [1.807, 2.05) is 24.3 Å². The second-order valence-corrected chi connectivity index (χ2v) is 5.37. The van der Waals surface area contributed by atoms with Crippen molar-refractivity contribution in [3.63, 3.8) is 0 Å². The van der Waals surface area contributed by atoms with Crippen LogP contribution < -0.4 is 10.1 Å². The van der Waals surface area contributed by atoms with Gasteiger partial charge in [-0.05, 0) is 42.3 Å². The Morgan fingerprint density at radius 1 is 1.19 bits per heavy atom. The number of carbonyl (C=O) groups is 1. The van der Waals surface area contributed by atoms with Gasteiger partial charge in [0.05, 0.1) is 12.1 Å². The van der Waals surface area contributed by atoms with E-state index in [1.54, 1.807) is 25.3 Å². The predicted molar refractivity (Wildman–Crippen MR) is 86.4 cm³/mol. The molecule has 5 heteroatoms. The zero-order valence-electron chi connectivity index (χ0n) is 11.5. The summed E-state index contributed by atoms with van der Waals surface area (Å²) >= 11 is 11.9. The topological polar surface area (TPSA) is 38.3 Å². The average Bonchev–Trinajstić information content (AvgIpc) is 2.45. The van der Waals surface area contributed by atoms with Gasteiger partial charge in [-0.3, -0.25) is 4.79 Å². The number of carbonyl (C=O) groups excluding carboxylic acids is 1. The molecule has 0 aliphatic heterocycles. The molecule has 0 saturated carbocycles. The van der Waals surface area contributed by atoms with Crippen LogP contribution in [0.1, 0.15) is 12.0 Å². The average molecular weight is 324 g/mol. The minimum Gasteiger partial charge on any atom is -0.495 e. The van der Waals surface area contributed by atoms with Crippen LogP contribution in [0.15, 0.2) is 42.5 Å². The van der Waals surface area contributed by atoms with Crippen molar-refractivity contribution >= 4 is 34.8 Å². The summed E-state index contributed by atoms with van der Waals surface area (Å²) in [6, 6.07) is 12.6. The third-order valence-corrected chi connectivity index (χ3v) is 3.50. The van der Waals surface area contributed by atoms with E-state index in [9.17, 15) is 4.79 Å². The number of anilines is 1. The highest BCUT2D eigenvalue weighted by molar-refractivity contribution is 6.32. The molecule has 0 saturated heterocycles. The number of benzene rings is 2. The normalized spacial score (nSPS) is 10.2. The standard InChI is InChI=1S/C16H15Cl2NO2/c1-21-15-7-6-13(10-14(15)18)19-16(20)8-5-11-3-2-4-12(17)9-11/h2-4,6-7,9-10H,5,8H2,1H3,(H,19,20). The molecule has 110 valence electrons. The number of halogens is 2. The Morgan fingerprint density at radius 2 is 2.00 bits per heavy atom. The molecule has 2 aromatic rings. The van der Waals surface area contributed by atoms with Crippen molar-refractivity contribution in [2.45, 2.75) is 12.8 Å². The van der Waals surface area contributed by atoms with Crippen LogP contribution in [0.5, 0.6) is 5.75 Å². The van der Waals surface area contributed by atoms with Gasteiger partial charge in [0.1, 0.15) is 5.75 Å². The van der Waals surface area contributed by atoms with Crippen molar-refractivity contribution in [3.05, 3.63) is 58.1 Å². The number of aryl methyl sites for hydroxylation is 1. The molecule has 2 aromatic carbocycles. The largest absolute Gasteiger partial charge is 0.495 e. The van der Waals surface area contributed by atoms with E-state index in [1.165, 1.54) is 0 Å². The van der Waals surface area contributed by atoms with Gasteiger partial charge in [-0.25, -0.2) is 0 Å². The van der Waals surface area contributed by atoms with Crippen LogP contribution in [-0.4, -0.2) is 13.0 Å². The summed E-state index contributed by atoms with van der Waals surface area (Å²) in [5.41, 5.74) is 1.68. The van der Waals surface area contributed by atoms with Crippen LogP contribution in [0.25, 0.3) is 0 Å². The third kappa shape index (κ3) is 4.66. The molecule has 0 aliphatic carbocycles. The van der Waals surface area contributed by atoms with E-state index < -0.39 is 0 Å². The summed E-state index contributed by atoms with van der Waals surface area (Å²) in [4.78, 5) is 11.9. The van der Waals surface area contributed by atoms with Crippen LogP contribution in [0.3, 0.4) is 0 Å². The Bertz CT molecular complexity index is 644. The van der Waals surface area contributed by atoms with Gasteiger partial charge in [0, 0.05) is 17.1 Å². The van der Waals surface area contributed by atoms with E-state index in [2.05, 4.69) is 5.32 Å². The molecule has 0 aliphatic rings. The monoisotopic (exact) mass is 323 g/mol. The number of ether oxygens (including phenoxy) is 1. The van der Waals surface area contributed by atoms with Crippen LogP contribution in [0, 0.1) is 0 Å². The Labute approximate surface area is 133 Å². The molecular weight excluding hydrogens is 309 g/mol.